The number of ether oxygens (including phenoxy) is 4. The van der Waals surface area contributed by atoms with E-state index < -0.39 is 0 Å². The van der Waals surface area contributed by atoms with Crippen LogP contribution in [-0.2, 0) is 16.0 Å². The Bertz CT molecular complexity index is 859. The maximum absolute atomic E-state index is 13.4. The van der Waals surface area contributed by atoms with E-state index in [0.29, 0.717) is 49.8 Å². The van der Waals surface area contributed by atoms with Gasteiger partial charge in [0.2, 0.25) is 11.7 Å². The van der Waals surface area contributed by atoms with Gasteiger partial charge in [-0.2, -0.15) is 0 Å². The molecule has 32 heavy (non-hydrogen) atoms. The highest BCUT2D eigenvalue weighted by molar-refractivity contribution is 5.76. The molecule has 0 aromatic heterocycles. The fourth-order valence-corrected chi connectivity index (χ4v) is 3.87. The van der Waals surface area contributed by atoms with Crippen molar-refractivity contribution in [2.24, 2.45) is 0 Å². The van der Waals surface area contributed by atoms with Crippen molar-refractivity contribution in [1.82, 2.24) is 10.2 Å². The smallest absolute Gasteiger partial charge is 0.220 e. The van der Waals surface area contributed by atoms with E-state index in [0.717, 1.165) is 24.2 Å². The summed E-state index contributed by atoms with van der Waals surface area (Å²) in [5.41, 5.74) is 1.89. The molecule has 2 aromatic rings. The molecule has 1 amide bonds. The average molecular weight is 447 g/mol. The summed E-state index contributed by atoms with van der Waals surface area (Å²) in [6.07, 6.45) is 0.846. The van der Waals surface area contributed by atoms with Crippen LogP contribution in [0, 0.1) is 5.82 Å². The number of aryl methyl sites for hydroxylation is 1. The lowest BCUT2D eigenvalue weighted by molar-refractivity contribution is -0.121. The Morgan fingerprint density at radius 1 is 1.06 bits per heavy atom. The summed E-state index contributed by atoms with van der Waals surface area (Å²) in [6, 6.07) is 10.1. The first-order valence-electron chi connectivity index (χ1n) is 10.7. The molecular weight excluding hydrogens is 415 g/mol. The highest BCUT2D eigenvalue weighted by Crippen LogP contribution is 2.38. The normalized spacial score (nSPS) is 15.1. The van der Waals surface area contributed by atoms with Crippen molar-refractivity contribution < 1.29 is 28.1 Å². The number of rotatable bonds is 10. The van der Waals surface area contributed by atoms with Gasteiger partial charge in [0.25, 0.3) is 0 Å². The quantitative estimate of drug-likeness (QED) is 0.605. The van der Waals surface area contributed by atoms with Crippen LogP contribution in [0.25, 0.3) is 0 Å². The minimum absolute atomic E-state index is 0.0374. The second-order valence-corrected chi connectivity index (χ2v) is 7.55. The Morgan fingerprint density at radius 3 is 2.25 bits per heavy atom. The van der Waals surface area contributed by atoms with Crippen LogP contribution in [0.15, 0.2) is 36.4 Å². The van der Waals surface area contributed by atoms with Gasteiger partial charge in [-0.3, -0.25) is 9.69 Å². The van der Waals surface area contributed by atoms with E-state index in [2.05, 4.69) is 10.2 Å². The zero-order valence-corrected chi connectivity index (χ0v) is 18.9. The van der Waals surface area contributed by atoms with Gasteiger partial charge < -0.3 is 24.3 Å². The number of nitrogens with one attached hydrogen (secondary N) is 1. The van der Waals surface area contributed by atoms with E-state index >= 15 is 0 Å². The first-order valence-corrected chi connectivity index (χ1v) is 10.7. The van der Waals surface area contributed by atoms with Gasteiger partial charge in [-0.1, -0.05) is 12.1 Å². The van der Waals surface area contributed by atoms with Gasteiger partial charge >= 0.3 is 0 Å². The molecule has 0 unspecified atom stereocenters. The minimum Gasteiger partial charge on any atom is -0.493 e. The fraction of sp³-hybridized carbons (Fsp3) is 0.458. The van der Waals surface area contributed by atoms with Gasteiger partial charge in [-0.15, -0.1) is 0 Å². The first-order chi connectivity index (χ1) is 15.5. The van der Waals surface area contributed by atoms with Gasteiger partial charge in [0.1, 0.15) is 5.82 Å². The van der Waals surface area contributed by atoms with Crippen molar-refractivity contribution in [2.45, 2.75) is 18.9 Å². The number of carbonyl (C=O) groups excluding carboxylic acids is 1. The van der Waals surface area contributed by atoms with E-state index in [1.807, 2.05) is 12.1 Å². The van der Waals surface area contributed by atoms with Gasteiger partial charge in [0.15, 0.2) is 11.5 Å². The molecule has 1 saturated heterocycles. The highest BCUT2D eigenvalue weighted by Gasteiger charge is 2.23. The number of hydrogen-bond acceptors (Lipinski definition) is 6. The maximum Gasteiger partial charge on any atom is 0.220 e. The van der Waals surface area contributed by atoms with Crippen LogP contribution in [0.1, 0.15) is 23.6 Å². The summed E-state index contributed by atoms with van der Waals surface area (Å²) in [5, 5.41) is 3.04. The van der Waals surface area contributed by atoms with Gasteiger partial charge in [0, 0.05) is 26.1 Å². The topological polar surface area (TPSA) is 69.3 Å². The molecule has 1 atom stereocenters. The van der Waals surface area contributed by atoms with Crippen LogP contribution in [0.4, 0.5) is 4.39 Å². The Kier molecular flexibility index (Phi) is 8.70. The van der Waals surface area contributed by atoms with Gasteiger partial charge in [-0.05, 0) is 41.8 Å². The van der Waals surface area contributed by atoms with Crippen molar-refractivity contribution in [3.8, 4) is 17.2 Å². The lowest BCUT2D eigenvalue weighted by Gasteiger charge is -2.35. The number of morpholine rings is 1. The molecule has 0 radical (unpaired) electrons. The van der Waals surface area contributed by atoms with Gasteiger partial charge in [0.05, 0.1) is 40.6 Å². The maximum atomic E-state index is 13.4. The fourth-order valence-electron chi connectivity index (χ4n) is 3.87. The summed E-state index contributed by atoms with van der Waals surface area (Å²) in [5.74, 6) is 1.32. The molecule has 0 spiro atoms. The van der Waals surface area contributed by atoms with E-state index in [1.54, 1.807) is 33.5 Å². The van der Waals surface area contributed by atoms with Crippen molar-refractivity contribution in [3.63, 3.8) is 0 Å². The van der Waals surface area contributed by atoms with Crippen LogP contribution in [-0.4, -0.2) is 65.0 Å². The standard InChI is InChI=1S/C24H31FN2O5/c1-29-21-14-17(15-22(30-2)24(21)31-3)4-9-23(28)26-16-20(27-10-12-32-13-11-27)18-5-7-19(25)8-6-18/h5-8,14-15,20H,4,9-13,16H2,1-3H3,(H,26,28)/t20-/m1/s1. The molecule has 1 fully saturated rings. The Hall–Kier alpha value is -2.84. The molecule has 7 nitrogen and oxygen atoms in total. The largest absolute Gasteiger partial charge is 0.493 e. The second-order valence-electron chi connectivity index (χ2n) is 7.55. The Labute approximate surface area is 188 Å². The highest BCUT2D eigenvalue weighted by atomic mass is 19.1. The van der Waals surface area contributed by atoms with Crippen LogP contribution in [0.5, 0.6) is 17.2 Å². The average Bonchev–Trinajstić information content (AvgIpc) is 2.83. The number of benzene rings is 2. The molecule has 1 heterocycles. The number of carbonyl (C=O) groups is 1. The molecule has 3 rings (SSSR count). The van der Waals surface area contributed by atoms with Crippen molar-refractivity contribution in [2.75, 3.05) is 54.2 Å². The molecule has 2 aromatic carbocycles. The number of nitrogens with zero attached hydrogens (tertiary/aromatic N) is 1. The summed E-state index contributed by atoms with van der Waals surface area (Å²) < 4.78 is 35.0. The Morgan fingerprint density at radius 2 is 1.69 bits per heavy atom. The lowest BCUT2D eigenvalue weighted by Crippen LogP contribution is -2.43. The Balaban J connectivity index is 1.62. The van der Waals surface area contributed by atoms with Crippen molar-refractivity contribution in [1.29, 1.82) is 0 Å². The predicted octanol–water partition coefficient (Wildman–Crippen LogP) is 2.97. The minimum atomic E-state index is -0.274. The third kappa shape index (κ3) is 6.11. The van der Waals surface area contributed by atoms with E-state index in [-0.39, 0.29) is 17.8 Å². The number of amides is 1. The molecule has 1 aliphatic rings. The third-order valence-corrected chi connectivity index (χ3v) is 5.60. The lowest BCUT2D eigenvalue weighted by atomic mass is 10.0. The van der Waals surface area contributed by atoms with E-state index in [1.165, 1.54) is 12.1 Å². The van der Waals surface area contributed by atoms with Crippen molar-refractivity contribution >= 4 is 5.91 Å². The molecule has 0 bridgehead atoms. The molecule has 0 saturated carbocycles. The van der Waals surface area contributed by atoms with E-state index in [4.69, 9.17) is 18.9 Å². The van der Waals surface area contributed by atoms with Crippen LogP contribution < -0.4 is 19.5 Å². The zero-order valence-electron chi connectivity index (χ0n) is 18.9. The summed E-state index contributed by atoms with van der Waals surface area (Å²) in [7, 11) is 4.68. The number of hydrogen-bond donors (Lipinski definition) is 1. The molecule has 174 valence electrons. The third-order valence-electron chi connectivity index (χ3n) is 5.60. The summed E-state index contributed by atoms with van der Waals surface area (Å²) in [4.78, 5) is 14.9. The second kappa shape index (κ2) is 11.7. The van der Waals surface area contributed by atoms with Crippen LogP contribution >= 0.6 is 0 Å². The SMILES string of the molecule is COc1cc(CCC(=O)NC[C@H](c2ccc(F)cc2)N2CCOCC2)cc(OC)c1OC. The van der Waals surface area contributed by atoms with E-state index in [9.17, 15) is 9.18 Å². The molecule has 0 aliphatic carbocycles. The molecule has 1 N–H and O–H groups in total. The van der Waals surface area contributed by atoms with Crippen LogP contribution in [0.3, 0.4) is 0 Å². The summed E-state index contributed by atoms with van der Waals surface area (Å²) in [6.45, 7) is 3.27. The monoisotopic (exact) mass is 446 g/mol. The zero-order chi connectivity index (χ0) is 22.9. The predicted molar refractivity (Wildman–Crippen MR) is 119 cm³/mol. The molecular formula is C24H31FN2O5. The summed E-state index contributed by atoms with van der Waals surface area (Å²) >= 11 is 0. The molecule has 1 aliphatic heterocycles. The molecule has 8 heteroatoms. The first kappa shape index (κ1) is 23.8. The van der Waals surface area contributed by atoms with Crippen molar-refractivity contribution in [3.05, 3.63) is 53.3 Å². The van der Waals surface area contributed by atoms with Crippen LogP contribution in [0.2, 0.25) is 0 Å². The number of methoxy groups -OCH3 is 3. The van der Waals surface area contributed by atoms with Gasteiger partial charge in [-0.25, -0.2) is 4.39 Å². The number of halogens is 1.